The van der Waals surface area contributed by atoms with Crippen molar-refractivity contribution in [3.05, 3.63) is 47.7 Å². The van der Waals surface area contributed by atoms with E-state index in [1.54, 1.807) is 0 Å². The van der Waals surface area contributed by atoms with Gasteiger partial charge in [-0.15, -0.1) is 0 Å². The third-order valence-corrected chi connectivity index (χ3v) is 3.43. The molecule has 3 aromatic heterocycles. The lowest BCUT2D eigenvalue weighted by Crippen LogP contribution is -2.22. The van der Waals surface area contributed by atoms with Crippen molar-refractivity contribution in [1.82, 2.24) is 19.5 Å². The van der Waals surface area contributed by atoms with Gasteiger partial charge in [0.15, 0.2) is 5.65 Å². The van der Waals surface area contributed by atoms with Crippen molar-refractivity contribution in [1.29, 1.82) is 0 Å². The Balaban J connectivity index is 1.94. The zero-order valence-electron chi connectivity index (χ0n) is 13.4. The molecule has 1 N–H and O–H groups in total. The molecule has 3 aromatic rings. The predicted octanol–water partition coefficient (Wildman–Crippen LogP) is 3.80. The normalized spacial score (nSPS) is 12.4. The summed E-state index contributed by atoms with van der Waals surface area (Å²) in [6.45, 7) is -1.58. The number of amides is 1. The highest BCUT2D eigenvalue weighted by Gasteiger charge is 2.33. The monoisotopic (exact) mass is 407 g/mol. The van der Waals surface area contributed by atoms with Gasteiger partial charge in [-0.3, -0.25) is 19.7 Å². The molecular formula is C15H8F7N5O. The number of imidazole rings is 1. The Hall–Kier alpha value is -3.25. The summed E-state index contributed by atoms with van der Waals surface area (Å²) in [5.41, 5.74) is -2.17. The molecule has 0 aliphatic rings. The van der Waals surface area contributed by atoms with Crippen molar-refractivity contribution < 1.29 is 35.5 Å². The first-order chi connectivity index (χ1) is 12.9. The lowest BCUT2D eigenvalue weighted by molar-refractivity contribution is -0.141. The van der Waals surface area contributed by atoms with Crippen LogP contribution in [0.4, 0.5) is 36.7 Å². The first-order valence-corrected chi connectivity index (χ1v) is 7.37. The molecular weight excluding hydrogens is 399 g/mol. The minimum absolute atomic E-state index is 0.245. The Morgan fingerprint density at radius 3 is 2.36 bits per heavy atom. The number of nitrogens with one attached hydrogen (secondary N) is 1. The molecule has 0 spiro atoms. The minimum atomic E-state index is -4.72. The van der Waals surface area contributed by atoms with Crippen molar-refractivity contribution in [2.75, 3.05) is 5.32 Å². The lowest BCUT2D eigenvalue weighted by Gasteiger charge is -2.12. The van der Waals surface area contributed by atoms with Crippen molar-refractivity contribution in [3.63, 3.8) is 0 Å². The predicted molar refractivity (Wildman–Crippen MR) is 80.7 cm³/mol. The highest BCUT2D eigenvalue weighted by molar-refractivity contribution is 6.03. The van der Waals surface area contributed by atoms with Gasteiger partial charge >= 0.3 is 12.4 Å². The number of aromatic nitrogens is 4. The fourth-order valence-electron chi connectivity index (χ4n) is 2.28. The second-order valence-corrected chi connectivity index (χ2v) is 5.52. The second-order valence-electron chi connectivity index (χ2n) is 5.52. The molecule has 0 aliphatic heterocycles. The summed E-state index contributed by atoms with van der Waals surface area (Å²) in [7, 11) is 0. The van der Waals surface area contributed by atoms with E-state index in [-0.39, 0.29) is 16.7 Å². The Morgan fingerprint density at radius 2 is 1.79 bits per heavy atom. The van der Waals surface area contributed by atoms with Gasteiger partial charge in [0.1, 0.15) is 23.6 Å². The smallest absolute Gasteiger partial charge is 0.292 e. The molecule has 1 amide bonds. The molecule has 0 aliphatic carbocycles. The highest BCUT2D eigenvalue weighted by atomic mass is 19.4. The molecule has 0 unspecified atom stereocenters. The van der Waals surface area contributed by atoms with Crippen LogP contribution < -0.4 is 5.32 Å². The fraction of sp³-hybridized carbons (Fsp3) is 0.200. The van der Waals surface area contributed by atoms with Gasteiger partial charge < -0.3 is 0 Å². The van der Waals surface area contributed by atoms with E-state index < -0.39 is 42.3 Å². The van der Waals surface area contributed by atoms with Crippen molar-refractivity contribution >= 4 is 23.0 Å². The second kappa shape index (κ2) is 6.73. The van der Waals surface area contributed by atoms with Crippen LogP contribution in [0.25, 0.3) is 11.2 Å². The van der Waals surface area contributed by atoms with Crippen LogP contribution in [0.5, 0.6) is 0 Å². The van der Waals surface area contributed by atoms with E-state index in [9.17, 15) is 35.5 Å². The van der Waals surface area contributed by atoms with E-state index in [0.29, 0.717) is 23.0 Å². The van der Waals surface area contributed by atoms with Gasteiger partial charge in [-0.1, -0.05) is 0 Å². The molecule has 0 radical (unpaired) electrons. The standard InChI is InChI=1S/C15H8F7N5O/c16-8-3-9-11(24-5-8)27(6-14(17,18)19)13(25-9)26-12(28)7-1-2-10(23-4-7)15(20,21)22/h1-5H,6H2,(H,25,26,28). The Labute approximate surface area is 151 Å². The summed E-state index contributed by atoms with van der Waals surface area (Å²) in [4.78, 5) is 22.5. The van der Waals surface area contributed by atoms with Crippen molar-refractivity contribution in [2.45, 2.75) is 18.9 Å². The number of rotatable bonds is 3. The van der Waals surface area contributed by atoms with Crippen molar-refractivity contribution in [3.8, 4) is 0 Å². The largest absolute Gasteiger partial charge is 0.433 e. The molecule has 28 heavy (non-hydrogen) atoms. The quantitative estimate of drug-likeness (QED) is 0.671. The van der Waals surface area contributed by atoms with Crippen molar-refractivity contribution in [2.24, 2.45) is 0 Å². The Kier molecular flexibility index (Phi) is 4.69. The number of carbonyl (C=O) groups excluding carboxylic acids is 1. The van der Waals surface area contributed by atoms with Gasteiger partial charge in [0.25, 0.3) is 5.91 Å². The van der Waals surface area contributed by atoms with E-state index in [1.165, 1.54) is 0 Å². The molecule has 6 nitrogen and oxygen atoms in total. The summed E-state index contributed by atoms with van der Waals surface area (Å²) in [6, 6.07) is 2.18. The average molecular weight is 407 g/mol. The number of hydrogen-bond acceptors (Lipinski definition) is 4. The maximum Gasteiger partial charge on any atom is 0.433 e. The first-order valence-electron chi connectivity index (χ1n) is 7.37. The summed E-state index contributed by atoms with van der Waals surface area (Å²) in [5.74, 6) is -2.51. The maximum atomic E-state index is 13.3. The number of nitrogens with zero attached hydrogens (tertiary/aromatic N) is 4. The van der Waals surface area contributed by atoms with Crippen LogP contribution >= 0.6 is 0 Å². The van der Waals surface area contributed by atoms with Crippen LogP contribution in [0.15, 0.2) is 30.6 Å². The summed E-state index contributed by atoms with van der Waals surface area (Å²) >= 11 is 0. The molecule has 3 heterocycles. The average Bonchev–Trinajstić information content (AvgIpc) is 2.89. The van der Waals surface area contributed by atoms with Gasteiger partial charge in [0.05, 0.1) is 11.8 Å². The maximum absolute atomic E-state index is 13.3. The zero-order chi connectivity index (χ0) is 20.7. The van der Waals surface area contributed by atoms with Gasteiger partial charge in [0.2, 0.25) is 5.95 Å². The SMILES string of the molecule is O=C(Nc1nc2cc(F)cnc2n1CC(F)(F)F)c1ccc(C(F)(F)F)nc1. The number of alkyl halides is 6. The topological polar surface area (TPSA) is 72.7 Å². The van der Waals surface area contributed by atoms with Gasteiger partial charge in [-0.05, 0) is 12.1 Å². The first kappa shape index (κ1) is 19.5. The van der Waals surface area contributed by atoms with E-state index in [1.807, 2.05) is 5.32 Å². The van der Waals surface area contributed by atoms with E-state index in [2.05, 4.69) is 15.0 Å². The number of halogens is 7. The number of pyridine rings is 2. The van der Waals surface area contributed by atoms with Gasteiger partial charge in [0, 0.05) is 12.3 Å². The molecule has 0 bridgehead atoms. The Morgan fingerprint density at radius 1 is 1.07 bits per heavy atom. The van der Waals surface area contributed by atoms with E-state index in [0.717, 1.165) is 12.1 Å². The zero-order valence-corrected chi connectivity index (χ0v) is 13.4. The molecule has 0 saturated carbocycles. The van der Waals surface area contributed by atoms with Crippen LogP contribution in [0.2, 0.25) is 0 Å². The number of anilines is 1. The molecule has 0 aromatic carbocycles. The molecule has 0 fully saturated rings. The molecule has 0 saturated heterocycles. The van der Waals surface area contributed by atoms with Gasteiger partial charge in [-0.25, -0.2) is 14.4 Å². The minimum Gasteiger partial charge on any atom is -0.292 e. The van der Waals surface area contributed by atoms with Crippen LogP contribution in [-0.4, -0.2) is 31.6 Å². The molecule has 3 rings (SSSR count). The number of carbonyl (C=O) groups is 1. The highest BCUT2D eigenvalue weighted by Crippen LogP contribution is 2.28. The summed E-state index contributed by atoms with van der Waals surface area (Å²) in [6.07, 6.45) is -8.13. The molecule has 0 atom stereocenters. The van der Waals surface area contributed by atoms with Crippen LogP contribution in [0.1, 0.15) is 16.1 Å². The third-order valence-electron chi connectivity index (χ3n) is 3.43. The lowest BCUT2D eigenvalue weighted by atomic mass is 10.2. The molecule has 148 valence electrons. The van der Waals surface area contributed by atoms with Crippen LogP contribution in [0, 0.1) is 5.82 Å². The fourth-order valence-corrected chi connectivity index (χ4v) is 2.28. The van der Waals surface area contributed by atoms with E-state index >= 15 is 0 Å². The van der Waals surface area contributed by atoms with E-state index in [4.69, 9.17) is 0 Å². The summed E-state index contributed by atoms with van der Waals surface area (Å²) < 4.78 is 89.8. The number of hydrogen-bond donors (Lipinski definition) is 1. The van der Waals surface area contributed by atoms with Crippen LogP contribution in [0.3, 0.4) is 0 Å². The summed E-state index contributed by atoms with van der Waals surface area (Å²) in [5, 5.41) is 2.05. The third kappa shape index (κ3) is 4.18. The van der Waals surface area contributed by atoms with Crippen LogP contribution in [-0.2, 0) is 12.7 Å². The Bertz CT molecular complexity index is 1020. The van der Waals surface area contributed by atoms with Gasteiger partial charge in [-0.2, -0.15) is 26.3 Å². The molecule has 13 heteroatoms. The number of fused-ring (bicyclic) bond motifs is 1.